The van der Waals surface area contributed by atoms with Crippen LogP contribution >= 0.6 is 0 Å². The molecule has 6 nitrogen and oxygen atoms in total. The van der Waals surface area contributed by atoms with Crippen molar-refractivity contribution in [2.24, 2.45) is 0 Å². The number of fused-ring (bicyclic) bond motifs is 1. The zero-order chi connectivity index (χ0) is 15.5. The quantitative estimate of drug-likeness (QED) is 0.928. The van der Waals surface area contributed by atoms with Crippen molar-refractivity contribution in [2.75, 3.05) is 7.11 Å². The third-order valence-electron chi connectivity index (χ3n) is 3.99. The minimum atomic E-state index is -0.0388. The van der Waals surface area contributed by atoms with Crippen LogP contribution in [0.2, 0.25) is 0 Å². The summed E-state index contributed by atoms with van der Waals surface area (Å²) >= 11 is 0. The molecule has 0 bridgehead atoms. The van der Waals surface area contributed by atoms with Crippen molar-refractivity contribution in [3.8, 4) is 0 Å². The second kappa shape index (κ2) is 6.27. The first-order valence-electron chi connectivity index (χ1n) is 7.45. The summed E-state index contributed by atoms with van der Waals surface area (Å²) < 4.78 is 7.15. The maximum Gasteiger partial charge on any atom is 0.251 e. The minimum absolute atomic E-state index is 0.0388. The summed E-state index contributed by atoms with van der Waals surface area (Å²) in [5.41, 5.74) is 1.73. The van der Waals surface area contributed by atoms with Gasteiger partial charge < -0.3 is 14.6 Å². The average Bonchev–Trinajstić information content (AvgIpc) is 2.89. The van der Waals surface area contributed by atoms with Gasteiger partial charge in [0.15, 0.2) is 0 Å². The Hall–Kier alpha value is -2.21. The number of nitrogens with zero attached hydrogens (tertiary/aromatic N) is 3. The number of amides is 1. The van der Waals surface area contributed by atoms with Gasteiger partial charge in [0.1, 0.15) is 11.6 Å². The van der Waals surface area contributed by atoms with Crippen LogP contribution in [0, 0.1) is 6.92 Å². The summed E-state index contributed by atoms with van der Waals surface area (Å²) in [6, 6.07) is 7.63. The highest BCUT2D eigenvalue weighted by molar-refractivity contribution is 5.94. The number of aryl methyl sites for hydroxylation is 2. The molecule has 0 radical (unpaired) electrons. The summed E-state index contributed by atoms with van der Waals surface area (Å²) in [5, 5.41) is 11.3. The predicted octanol–water partition coefficient (Wildman–Crippen LogP) is 1.48. The van der Waals surface area contributed by atoms with Crippen molar-refractivity contribution in [2.45, 2.75) is 39.0 Å². The van der Waals surface area contributed by atoms with E-state index in [2.05, 4.69) is 20.1 Å². The van der Waals surface area contributed by atoms with Crippen LogP contribution in [0.1, 0.15) is 34.0 Å². The van der Waals surface area contributed by atoms with E-state index in [0.29, 0.717) is 12.2 Å². The van der Waals surface area contributed by atoms with Crippen LogP contribution in [0.15, 0.2) is 24.3 Å². The van der Waals surface area contributed by atoms with Gasteiger partial charge in [-0.25, -0.2) is 0 Å². The fourth-order valence-electron chi connectivity index (χ4n) is 2.77. The molecule has 1 aromatic heterocycles. The van der Waals surface area contributed by atoms with E-state index in [1.807, 2.05) is 31.2 Å². The molecular weight excluding hydrogens is 280 g/mol. The van der Waals surface area contributed by atoms with Crippen molar-refractivity contribution in [1.29, 1.82) is 0 Å². The molecule has 2 aromatic rings. The van der Waals surface area contributed by atoms with Crippen LogP contribution in [-0.2, 0) is 24.3 Å². The van der Waals surface area contributed by atoms with E-state index in [1.54, 1.807) is 7.11 Å². The monoisotopic (exact) mass is 300 g/mol. The van der Waals surface area contributed by atoms with Crippen LogP contribution < -0.4 is 5.32 Å². The summed E-state index contributed by atoms with van der Waals surface area (Å²) in [6.45, 7) is 3.23. The molecule has 1 aliphatic rings. The van der Waals surface area contributed by atoms with E-state index in [-0.39, 0.29) is 11.9 Å². The number of carbonyl (C=O) groups excluding carboxylic acids is 1. The third-order valence-corrected chi connectivity index (χ3v) is 3.99. The van der Waals surface area contributed by atoms with Gasteiger partial charge in [0, 0.05) is 31.7 Å². The second-order valence-electron chi connectivity index (χ2n) is 5.61. The van der Waals surface area contributed by atoms with E-state index in [0.717, 1.165) is 36.6 Å². The Kier molecular flexibility index (Phi) is 4.20. The largest absolute Gasteiger partial charge is 0.380 e. The Bertz CT molecular complexity index is 663. The van der Waals surface area contributed by atoms with Crippen LogP contribution in [0.25, 0.3) is 0 Å². The zero-order valence-corrected chi connectivity index (χ0v) is 12.9. The first-order valence-corrected chi connectivity index (χ1v) is 7.45. The molecule has 1 N–H and O–H groups in total. The SMILES string of the molecule is COCc1ccc(C(=O)N[C@H]2CCc3nnc(C)n3C2)cc1. The fourth-order valence-corrected chi connectivity index (χ4v) is 2.77. The highest BCUT2D eigenvalue weighted by atomic mass is 16.5. The molecule has 1 atom stereocenters. The van der Waals surface area contributed by atoms with E-state index in [1.165, 1.54) is 0 Å². The lowest BCUT2D eigenvalue weighted by Crippen LogP contribution is -2.41. The predicted molar refractivity (Wildman–Crippen MR) is 81.5 cm³/mol. The topological polar surface area (TPSA) is 69.0 Å². The van der Waals surface area contributed by atoms with Gasteiger partial charge in [-0.05, 0) is 31.0 Å². The molecule has 6 heteroatoms. The molecule has 0 saturated carbocycles. The normalized spacial score (nSPS) is 17.1. The van der Waals surface area contributed by atoms with Gasteiger partial charge in [-0.1, -0.05) is 12.1 Å². The molecule has 1 aliphatic heterocycles. The molecule has 1 aromatic carbocycles. The van der Waals surface area contributed by atoms with Crippen LogP contribution in [0.3, 0.4) is 0 Å². The van der Waals surface area contributed by atoms with Gasteiger partial charge >= 0.3 is 0 Å². The molecule has 2 heterocycles. The van der Waals surface area contributed by atoms with Crippen LogP contribution in [0.5, 0.6) is 0 Å². The van der Waals surface area contributed by atoms with E-state index in [4.69, 9.17) is 4.74 Å². The Morgan fingerprint density at radius 3 is 2.86 bits per heavy atom. The van der Waals surface area contributed by atoms with Gasteiger partial charge in [-0.15, -0.1) is 10.2 Å². The molecule has 1 amide bonds. The number of hydrogen-bond acceptors (Lipinski definition) is 4. The van der Waals surface area contributed by atoms with Crippen LogP contribution in [0.4, 0.5) is 0 Å². The summed E-state index contributed by atoms with van der Waals surface area (Å²) in [5.74, 6) is 1.87. The molecule has 116 valence electrons. The highest BCUT2D eigenvalue weighted by Gasteiger charge is 2.23. The first kappa shape index (κ1) is 14.7. The molecule has 0 unspecified atom stereocenters. The lowest BCUT2D eigenvalue weighted by molar-refractivity contribution is 0.0927. The van der Waals surface area contributed by atoms with E-state index >= 15 is 0 Å². The maximum absolute atomic E-state index is 12.3. The molecule has 22 heavy (non-hydrogen) atoms. The Morgan fingerprint density at radius 2 is 2.14 bits per heavy atom. The van der Waals surface area contributed by atoms with Crippen molar-refractivity contribution in [3.63, 3.8) is 0 Å². The zero-order valence-electron chi connectivity index (χ0n) is 12.9. The number of hydrogen-bond donors (Lipinski definition) is 1. The molecular formula is C16H20N4O2. The lowest BCUT2D eigenvalue weighted by Gasteiger charge is -2.25. The number of nitrogens with one attached hydrogen (secondary N) is 1. The second-order valence-corrected chi connectivity index (χ2v) is 5.61. The summed E-state index contributed by atoms with van der Waals surface area (Å²) in [4.78, 5) is 12.3. The summed E-state index contributed by atoms with van der Waals surface area (Å²) in [7, 11) is 1.66. The van der Waals surface area contributed by atoms with Crippen molar-refractivity contribution < 1.29 is 9.53 Å². The van der Waals surface area contributed by atoms with Gasteiger partial charge in [-0.3, -0.25) is 4.79 Å². The van der Waals surface area contributed by atoms with Gasteiger partial charge in [0.05, 0.1) is 6.61 Å². The number of ether oxygens (including phenoxy) is 1. The standard InChI is InChI=1S/C16H20N4O2/c1-11-18-19-15-8-7-14(9-20(11)15)17-16(21)13-5-3-12(4-6-13)10-22-2/h3-6,14H,7-10H2,1-2H3,(H,17,21)/t14-/m0/s1. The minimum Gasteiger partial charge on any atom is -0.380 e. The van der Waals surface area contributed by atoms with Crippen LogP contribution in [-0.4, -0.2) is 33.8 Å². The average molecular weight is 300 g/mol. The first-order chi connectivity index (χ1) is 10.7. The Balaban J connectivity index is 1.63. The molecule has 0 saturated heterocycles. The van der Waals surface area contributed by atoms with Gasteiger partial charge in [-0.2, -0.15) is 0 Å². The van der Waals surface area contributed by atoms with Gasteiger partial charge in [0.2, 0.25) is 0 Å². The van der Waals surface area contributed by atoms with Crippen molar-refractivity contribution in [1.82, 2.24) is 20.1 Å². The Morgan fingerprint density at radius 1 is 1.36 bits per heavy atom. The van der Waals surface area contributed by atoms with E-state index < -0.39 is 0 Å². The van der Waals surface area contributed by atoms with Crippen molar-refractivity contribution in [3.05, 3.63) is 47.0 Å². The molecule has 0 spiro atoms. The third kappa shape index (κ3) is 3.01. The molecule has 0 aliphatic carbocycles. The number of benzene rings is 1. The highest BCUT2D eigenvalue weighted by Crippen LogP contribution is 2.15. The molecule has 3 rings (SSSR count). The lowest BCUT2D eigenvalue weighted by atomic mass is 10.1. The van der Waals surface area contributed by atoms with Gasteiger partial charge in [0.25, 0.3) is 5.91 Å². The molecule has 0 fully saturated rings. The number of carbonyl (C=O) groups is 1. The number of aromatic nitrogens is 3. The number of rotatable bonds is 4. The van der Waals surface area contributed by atoms with Crippen molar-refractivity contribution >= 4 is 5.91 Å². The summed E-state index contributed by atoms with van der Waals surface area (Å²) in [6.07, 6.45) is 1.74. The number of methoxy groups -OCH3 is 1. The van der Waals surface area contributed by atoms with E-state index in [9.17, 15) is 4.79 Å². The maximum atomic E-state index is 12.3. The fraction of sp³-hybridized carbons (Fsp3) is 0.438. The Labute approximate surface area is 129 Å². The smallest absolute Gasteiger partial charge is 0.251 e.